The molecule has 1 aliphatic heterocycles. The van der Waals surface area contributed by atoms with Gasteiger partial charge in [0.15, 0.2) is 0 Å². The Balaban J connectivity index is 1.96. The topological polar surface area (TPSA) is 48.7 Å². The van der Waals surface area contributed by atoms with Gasteiger partial charge in [0.05, 0.1) is 5.71 Å². The molecule has 3 rings (SSSR count). The maximum atomic E-state index is 9.12. The van der Waals surface area contributed by atoms with Crippen molar-refractivity contribution in [2.24, 2.45) is 5.16 Å². The lowest BCUT2D eigenvalue weighted by Gasteiger charge is -2.31. The SMILES string of the molecule is O/N=C1/CCN(Cc2cccnc2)c2ccc(Cl)cc21. The molecule has 0 saturated carbocycles. The lowest BCUT2D eigenvalue weighted by atomic mass is 9.99. The highest BCUT2D eigenvalue weighted by Crippen LogP contribution is 2.31. The molecule has 2 heterocycles. The van der Waals surface area contributed by atoms with Gasteiger partial charge in [-0.05, 0) is 29.8 Å². The van der Waals surface area contributed by atoms with Crippen LogP contribution < -0.4 is 4.90 Å². The van der Waals surface area contributed by atoms with E-state index < -0.39 is 0 Å². The maximum absolute atomic E-state index is 9.12. The number of pyridine rings is 1. The Morgan fingerprint density at radius 1 is 1.35 bits per heavy atom. The molecule has 1 aromatic carbocycles. The van der Waals surface area contributed by atoms with Crippen LogP contribution >= 0.6 is 11.6 Å². The second-order valence-electron chi connectivity index (χ2n) is 4.74. The van der Waals surface area contributed by atoms with Crippen molar-refractivity contribution in [3.05, 3.63) is 58.9 Å². The minimum atomic E-state index is 0.646. The maximum Gasteiger partial charge on any atom is 0.0906 e. The number of rotatable bonds is 2. The zero-order valence-corrected chi connectivity index (χ0v) is 11.6. The van der Waals surface area contributed by atoms with Gasteiger partial charge in [0, 0.05) is 48.2 Å². The lowest BCUT2D eigenvalue weighted by molar-refractivity contribution is 0.317. The van der Waals surface area contributed by atoms with Crippen molar-refractivity contribution in [1.82, 2.24) is 4.98 Å². The zero-order valence-electron chi connectivity index (χ0n) is 10.8. The summed E-state index contributed by atoms with van der Waals surface area (Å²) in [5, 5.41) is 13.2. The monoisotopic (exact) mass is 287 g/mol. The van der Waals surface area contributed by atoms with Crippen molar-refractivity contribution in [3.8, 4) is 0 Å². The van der Waals surface area contributed by atoms with Crippen molar-refractivity contribution in [3.63, 3.8) is 0 Å². The van der Waals surface area contributed by atoms with Crippen molar-refractivity contribution in [2.75, 3.05) is 11.4 Å². The van der Waals surface area contributed by atoms with Crippen LogP contribution in [-0.4, -0.2) is 22.4 Å². The molecule has 0 fully saturated rings. The van der Waals surface area contributed by atoms with Gasteiger partial charge in [-0.15, -0.1) is 0 Å². The van der Waals surface area contributed by atoms with Gasteiger partial charge in [-0.1, -0.05) is 22.8 Å². The van der Waals surface area contributed by atoms with Crippen molar-refractivity contribution >= 4 is 23.0 Å². The molecule has 1 aromatic heterocycles. The summed E-state index contributed by atoms with van der Waals surface area (Å²) in [5.41, 5.74) is 3.77. The van der Waals surface area contributed by atoms with Crippen molar-refractivity contribution in [2.45, 2.75) is 13.0 Å². The molecule has 0 unspecified atom stereocenters. The second kappa shape index (κ2) is 5.51. The number of halogens is 1. The van der Waals surface area contributed by atoms with Gasteiger partial charge in [0.1, 0.15) is 0 Å². The van der Waals surface area contributed by atoms with Gasteiger partial charge >= 0.3 is 0 Å². The molecule has 1 N–H and O–H groups in total. The summed E-state index contributed by atoms with van der Waals surface area (Å²) in [7, 11) is 0. The third-order valence-electron chi connectivity index (χ3n) is 3.45. The summed E-state index contributed by atoms with van der Waals surface area (Å²) >= 11 is 6.04. The molecule has 0 radical (unpaired) electrons. The van der Waals surface area contributed by atoms with Crippen LogP contribution in [0.5, 0.6) is 0 Å². The van der Waals surface area contributed by atoms with Crippen LogP contribution in [0.3, 0.4) is 0 Å². The zero-order chi connectivity index (χ0) is 13.9. The number of oxime groups is 1. The minimum absolute atomic E-state index is 0.646. The fourth-order valence-electron chi connectivity index (χ4n) is 2.49. The summed E-state index contributed by atoms with van der Waals surface area (Å²) in [5.74, 6) is 0. The molecule has 0 amide bonds. The number of aromatic nitrogens is 1. The van der Waals surface area contributed by atoms with Crippen LogP contribution in [0.1, 0.15) is 17.5 Å². The summed E-state index contributed by atoms with van der Waals surface area (Å²) in [6.45, 7) is 1.59. The molecular formula is C15H14ClN3O. The molecule has 1 aliphatic rings. The standard InChI is InChI=1S/C15H14ClN3O/c16-12-3-4-15-13(8-12)14(18-20)5-7-19(15)10-11-2-1-6-17-9-11/h1-4,6,8-9,20H,5,7,10H2/b18-14-. The van der Waals surface area contributed by atoms with Gasteiger partial charge in [-0.2, -0.15) is 0 Å². The van der Waals surface area contributed by atoms with E-state index >= 15 is 0 Å². The van der Waals surface area contributed by atoms with Crippen LogP contribution in [0.4, 0.5) is 5.69 Å². The van der Waals surface area contributed by atoms with E-state index in [0.29, 0.717) is 17.2 Å². The van der Waals surface area contributed by atoms with Gasteiger partial charge < -0.3 is 10.1 Å². The van der Waals surface area contributed by atoms with E-state index in [-0.39, 0.29) is 0 Å². The number of fused-ring (bicyclic) bond motifs is 1. The molecule has 0 atom stereocenters. The van der Waals surface area contributed by atoms with Crippen LogP contribution in [0, 0.1) is 0 Å². The molecule has 2 aromatic rings. The predicted octanol–water partition coefficient (Wildman–Crippen LogP) is 3.32. The molecule has 0 spiro atoms. The van der Waals surface area contributed by atoms with Gasteiger partial charge in [-0.25, -0.2) is 0 Å². The number of hydrogen-bond donors (Lipinski definition) is 1. The van der Waals surface area contributed by atoms with Crippen LogP contribution in [-0.2, 0) is 6.54 Å². The van der Waals surface area contributed by atoms with E-state index in [2.05, 4.69) is 21.1 Å². The highest BCUT2D eigenvalue weighted by molar-refractivity contribution is 6.31. The fraction of sp³-hybridized carbons (Fsp3) is 0.200. The van der Waals surface area contributed by atoms with E-state index in [1.165, 1.54) is 0 Å². The van der Waals surface area contributed by atoms with E-state index in [9.17, 15) is 0 Å². The highest BCUT2D eigenvalue weighted by Gasteiger charge is 2.22. The van der Waals surface area contributed by atoms with Gasteiger partial charge in [0.2, 0.25) is 0 Å². The van der Waals surface area contributed by atoms with Gasteiger partial charge in [-0.3, -0.25) is 4.98 Å². The molecular weight excluding hydrogens is 274 g/mol. The van der Waals surface area contributed by atoms with Crippen molar-refractivity contribution < 1.29 is 5.21 Å². The minimum Gasteiger partial charge on any atom is -0.411 e. The first-order chi connectivity index (χ1) is 9.78. The molecule has 0 aliphatic carbocycles. The quantitative estimate of drug-likeness (QED) is 0.681. The third-order valence-corrected chi connectivity index (χ3v) is 3.68. The smallest absolute Gasteiger partial charge is 0.0906 e. The Morgan fingerprint density at radius 3 is 3.00 bits per heavy atom. The predicted molar refractivity (Wildman–Crippen MR) is 79.7 cm³/mol. The third kappa shape index (κ3) is 2.47. The van der Waals surface area contributed by atoms with E-state index in [4.69, 9.17) is 16.8 Å². The Kier molecular flexibility index (Phi) is 3.56. The van der Waals surface area contributed by atoms with Crippen LogP contribution in [0.25, 0.3) is 0 Å². The summed E-state index contributed by atoms with van der Waals surface area (Å²) in [6, 6.07) is 9.66. The van der Waals surface area contributed by atoms with E-state index in [1.807, 2.05) is 30.5 Å². The molecule has 0 bridgehead atoms. The van der Waals surface area contributed by atoms with E-state index in [1.54, 1.807) is 6.20 Å². The number of nitrogens with zero attached hydrogens (tertiary/aromatic N) is 3. The average molecular weight is 288 g/mol. The Morgan fingerprint density at radius 2 is 2.25 bits per heavy atom. The first-order valence-electron chi connectivity index (χ1n) is 6.42. The Hall–Kier alpha value is -2.07. The van der Waals surface area contributed by atoms with Crippen LogP contribution in [0.15, 0.2) is 47.9 Å². The first-order valence-corrected chi connectivity index (χ1v) is 6.80. The fourth-order valence-corrected chi connectivity index (χ4v) is 2.66. The number of hydrogen-bond acceptors (Lipinski definition) is 4. The number of anilines is 1. The number of benzene rings is 1. The van der Waals surface area contributed by atoms with Crippen molar-refractivity contribution in [1.29, 1.82) is 0 Å². The second-order valence-corrected chi connectivity index (χ2v) is 5.18. The lowest BCUT2D eigenvalue weighted by Crippen LogP contribution is -2.32. The molecule has 4 nitrogen and oxygen atoms in total. The Bertz CT molecular complexity index is 643. The molecule has 102 valence electrons. The summed E-state index contributed by atoms with van der Waals surface area (Å²) < 4.78 is 0. The molecule has 5 heteroatoms. The molecule has 0 saturated heterocycles. The average Bonchev–Trinajstić information content (AvgIpc) is 2.48. The Labute approximate surface area is 122 Å². The summed E-state index contributed by atoms with van der Waals surface area (Å²) in [6.07, 6.45) is 4.33. The largest absolute Gasteiger partial charge is 0.411 e. The van der Waals surface area contributed by atoms with E-state index in [0.717, 1.165) is 29.9 Å². The molecule has 20 heavy (non-hydrogen) atoms. The normalized spacial score (nSPS) is 16.2. The first kappa shape index (κ1) is 12.9. The van der Waals surface area contributed by atoms with Gasteiger partial charge in [0.25, 0.3) is 0 Å². The highest BCUT2D eigenvalue weighted by atomic mass is 35.5. The van der Waals surface area contributed by atoms with Crippen LogP contribution in [0.2, 0.25) is 5.02 Å². The summed E-state index contributed by atoms with van der Waals surface area (Å²) in [4.78, 5) is 6.39.